The molecular formula is C12H13BrN4S. The van der Waals surface area contributed by atoms with Gasteiger partial charge in [0, 0.05) is 21.3 Å². The van der Waals surface area contributed by atoms with Gasteiger partial charge in [-0.3, -0.25) is 0 Å². The van der Waals surface area contributed by atoms with Crippen LogP contribution >= 0.6 is 27.3 Å². The zero-order valence-electron chi connectivity index (χ0n) is 9.69. The molecule has 1 aliphatic carbocycles. The van der Waals surface area contributed by atoms with Gasteiger partial charge in [-0.1, -0.05) is 0 Å². The van der Waals surface area contributed by atoms with E-state index in [1.807, 2.05) is 6.07 Å². The van der Waals surface area contributed by atoms with E-state index >= 15 is 0 Å². The lowest BCUT2D eigenvalue weighted by atomic mass is 10.3. The van der Waals surface area contributed by atoms with E-state index in [0.29, 0.717) is 11.7 Å². The second-order valence-corrected chi connectivity index (χ2v) is 6.21. The Morgan fingerprint density at radius 3 is 2.94 bits per heavy atom. The normalized spacial score (nSPS) is 14.7. The highest BCUT2D eigenvalue weighted by atomic mass is 79.9. The molecule has 18 heavy (non-hydrogen) atoms. The molecule has 1 aliphatic rings. The second-order valence-electron chi connectivity index (χ2n) is 4.36. The molecule has 6 heteroatoms. The van der Waals surface area contributed by atoms with Gasteiger partial charge in [-0.05, 0) is 40.2 Å². The molecule has 1 fully saturated rings. The highest BCUT2D eigenvalue weighted by Gasteiger charge is 2.27. The van der Waals surface area contributed by atoms with Crippen molar-refractivity contribution in [2.75, 3.05) is 11.1 Å². The molecular weight excluding hydrogens is 312 g/mol. The first-order chi connectivity index (χ1) is 8.72. The number of hydrogen-bond donors (Lipinski definition) is 2. The zero-order valence-corrected chi connectivity index (χ0v) is 12.1. The standard InChI is InChI=1S/C12H13BrN4S/c13-8-3-4-18-9(8)6-15-11-5-10(14)16-12(17-11)7-1-2-7/h3-5,7H,1-2,6H2,(H3,14,15,16,17). The Morgan fingerprint density at radius 2 is 2.28 bits per heavy atom. The lowest BCUT2D eigenvalue weighted by Gasteiger charge is -2.07. The van der Waals surface area contributed by atoms with Crippen LogP contribution in [0.25, 0.3) is 0 Å². The van der Waals surface area contributed by atoms with Crippen molar-refractivity contribution in [3.8, 4) is 0 Å². The molecule has 0 radical (unpaired) electrons. The van der Waals surface area contributed by atoms with Gasteiger partial charge >= 0.3 is 0 Å². The minimum atomic E-state index is 0.516. The Kier molecular flexibility index (Phi) is 3.22. The maximum absolute atomic E-state index is 5.81. The van der Waals surface area contributed by atoms with Gasteiger partial charge in [0.2, 0.25) is 0 Å². The van der Waals surface area contributed by atoms with Gasteiger partial charge in [0.05, 0.1) is 6.54 Å². The number of aromatic nitrogens is 2. The molecule has 0 atom stereocenters. The number of halogens is 1. The van der Waals surface area contributed by atoms with E-state index in [0.717, 1.165) is 22.7 Å². The number of rotatable bonds is 4. The predicted octanol–water partition coefficient (Wildman–Crippen LogP) is 3.37. The van der Waals surface area contributed by atoms with Crippen LogP contribution in [0.2, 0.25) is 0 Å². The number of nitrogens with two attached hydrogens (primary N) is 1. The predicted molar refractivity (Wildman–Crippen MR) is 77.8 cm³/mol. The molecule has 4 nitrogen and oxygen atoms in total. The Labute approximate surface area is 118 Å². The van der Waals surface area contributed by atoms with Gasteiger partial charge in [0.15, 0.2) is 0 Å². The van der Waals surface area contributed by atoms with Crippen LogP contribution < -0.4 is 11.1 Å². The van der Waals surface area contributed by atoms with Crippen molar-refractivity contribution < 1.29 is 0 Å². The third kappa shape index (κ3) is 2.64. The topological polar surface area (TPSA) is 63.8 Å². The summed E-state index contributed by atoms with van der Waals surface area (Å²) in [5, 5.41) is 5.36. The van der Waals surface area contributed by atoms with Crippen LogP contribution in [0.3, 0.4) is 0 Å². The van der Waals surface area contributed by atoms with E-state index in [-0.39, 0.29) is 0 Å². The highest BCUT2D eigenvalue weighted by molar-refractivity contribution is 9.10. The summed E-state index contributed by atoms with van der Waals surface area (Å²) in [6.45, 7) is 0.749. The van der Waals surface area contributed by atoms with E-state index in [1.165, 1.54) is 17.7 Å². The molecule has 2 aromatic heterocycles. The Balaban J connectivity index is 1.74. The van der Waals surface area contributed by atoms with Crippen LogP contribution in [0.5, 0.6) is 0 Å². The van der Waals surface area contributed by atoms with Crippen LogP contribution in [0.4, 0.5) is 11.6 Å². The van der Waals surface area contributed by atoms with Crippen LogP contribution in [-0.2, 0) is 6.54 Å². The van der Waals surface area contributed by atoms with Crippen LogP contribution in [0, 0.1) is 0 Å². The number of anilines is 2. The van der Waals surface area contributed by atoms with Crippen molar-refractivity contribution >= 4 is 38.9 Å². The minimum absolute atomic E-state index is 0.516. The van der Waals surface area contributed by atoms with Gasteiger partial charge in [0.25, 0.3) is 0 Å². The molecule has 0 aliphatic heterocycles. The number of nitrogens with one attached hydrogen (secondary N) is 1. The summed E-state index contributed by atoms with van der Waals surface area (Å²) in [6, 6.07) is 3.83. The Morgan fingerprint density at radius 1 is 1.44 bits per heavy atom. The number of nitrogens with zero attached hydrogens (tertiary/aromatic N) is 2. The third-order valence-corrected chi connectivity index (χ3v) is 4.75. The number of nitrogen functional groups attached to an aromatic ring is 1. The maximum Gasteiger partial charge on any atom is 0.136 e. The van der Waals surface area contributed by atoms with Crippen molar-refractivity contribution in [3.05, 3.63) is 32.7 Å². The van der Waals surface area contributed by atoms with Crippen molar-refractivity contribution in [2.24, 2.45) is 0 Å². The van der Waals surface area contributed by atoms with E-state index in [4.69, 9.17) is 5.73 Å². The molecule has 0 unspecified atom stereocenters. The maximum atomic E-state index is 5.81. The van der Waals surface area contributed by atoms with Crippen LogP contribution in [0.15, 0.2) is 22.0 Å². The summed E-state index contributed by atoms with van der Waals surface area (Å²) in [6.07, 6.45) is 2.36. The summed E-state index contributed by atoms with van der Waals surface area (Å²) in [4.78, 5) is 10.0. The molecule has 2 heterocycles. The molecule has 94 valence electrons. The Hall–Kier alpha value is -1.14. The number of thiophene rings is 1. The average molecular weight is 325 g/mol. The first-order valence-electron chi connectivity index (χ1n) is 5.82. The molecule has 2 aromatic rings. The molecule has 1 saturated carbocycles. The lowest BCUT2D eigenvalue weighted by molar-refractivity contribution is 0.927. The van der Waals surface area contributed by atoms with E-state index in [2.05, 4.69) is 36.6 Å². The van der Waals surface area contributed by atoms with Gasteiger partial charge in [-0.25, -0.2) is 9.97 Å². The minimum Gasteiger partial charge on any atom is -0.384 e. The van der Waals surface area contributed by atoms with Crippen LogP contribution in [-0.4, -0.2) is 9.97 Å². The van der Waals surface area contributed by atoms with Gasteiger partial charge in [-0.15, -0.1) is 11.3 Å². The molecule has 0 aromatic carbocycles. The molecule has 3 rings (SSSR count). The molecule has 3 N–H and O–H groups in total. The SMILES string of the molecule is Nc1cc(NCc2sccc2Br)nc(C2CC2)n1. The molecule has 0 bridgehead atoms. The quantitative estimate of drug-likeness (QED) is 0.905. The van der Waals surface area contributed by atoms with Gasteiger partial charge in [-0.2, -0.15) is 0 Å². The Bertz CT molecular complexity index is 565. The highest BCUT2D eigenvalue weighted by Crippen LogP contribution is 2.38. The first-order valence-corrected chi connectivity index (χ1v) is 7.50. The fourth-order valence-corrected chi connectivity index (χ4v) is 3.15. The summed E-state index contributed by atoms with van der Waals surface area (Å²) >= 11 is 5.23. The van der Waals surface area contributed by atoms with Crippen molar-refractivity contribution in [2.45, 2.75) is 25.3 Å². The van der Waals surface area contributed by atoms with Gasteiger partial charge < -0.3 is 11.1 Å². The van der Waals surface area contributed by atoms with Crippen molar-refractivity contribution in [1.29, 1.82) is 0 Å². The van der Waals surface area contributed by atoms with Crippen molar-refractivity contribution in [3.63, 3.8) is 0 Å². The fraction of sp³-hybridized carbons (Fsp3) is 0.333. The number of hydrogen-bond acceptors (Lipinski definition) is 5. The van der Waals surface area contributed by atoms with E-state index < -0.39 is 0 Å². The molecule has 0 amide bonds. The smallest absolute Gasteiger partial charge is 0.136 e. The summed E-state index contributed by atoms with van der Waals surface area (Å²) in [7, 11) is 0. The fourth-order valence-electron chi connectivity index (χ4n) is 1.72. The largest absolute Gasteiger partial charge is 0.384 e. The average Bonchev–Trinajstić information content (AvgIpc) is 3.11. The summed E-state index contributed by atoms with van der Waals surface area (Å²) in [5.41, 5.74) is 5.81. The van der Waals surface area contributed by atoms with E-state index in [9.17, 15) is 0 Å². The zero-order chi connectivity index (χ0) is 12.5. The van der Waals surface area contributed by atoms with Gasteiger partial charge in [0.1, 0.15) is 17.5 Å². The van der Waals surface area contributed by atoms with E-state index in [1.54, 1.807) is 17.4 Å². The lowest BCUT2D eigenvalue weighted by Crippen LogP contribution is -2.05. The monoisotopic (exact) mass is 324 g/mol. The van der Waals surface area contributed by atoms with Crippen molar-refractivity contribution in [1.82, 2.24) is 9.97 Å². The summed E-state index contributed by atoms with van der Waals surface area (Å²) in [5.74, 6) is 2.75. The van der Waals surface area contributed by atoms with Crippen LogP contribution in [0.1, 0.15) is 29.5 Å². The molecule has 0 saturated heterocycles. The first kappa shape index (κ1) is 11.9. The second kappa shape index (κ2) is 4.85. The summed E-state index contributed by atoms with van der Waals surface area (Å²) < 4.78 is 1.13. The third-order valence-electron chi connectivity index (χ3n) is 2.83. The molecule has 0 spiro atoms.